The van der Waals surface area contributed by atoms with Crippen molar-refractivity contribution in [3.05, 3.63) is 40.4 Å². The number of hydrogen-bond acceptors (Lipinski definition) is 3. The van der Waals surface area contributed by atoms with Crippen LogP contribution in [-0.4, -0.2) is 20.8 Å². The summed E-state index contributed by atoms with van der Waals surface area (Å²) in [5.41, 5.74) is 2.19. The predicted octanol–water partition coefficient (Wildman–Crippen LogP) is 3.54. The Kier molecular flexibility index (Phi) is 5.37. The van der Waals surface area contributed by atoms with Gasteiger partial charge in [-0.05, 0) is 17.7 Å². The Bertz CT molecular complexity index is 604. The lowest BCUT2D eigenvalue weighted by Gasteiger charge is -2.14. The summed E-state index contributed by atoms with van der Waals surface area (Å²) in [4.78, 5) is 4.58. The van der Waals surface area contributed by atoms with Crippen molar-refractivity contribution in [1.82, 2.24) is 20.1 Å². The van der Waals surface area contributed by atoms with E-state index in [2.05, 4.69) is 49.2 Å². The molecule has 4 nitrogen and oxygen atoms in total. The fourth-order valence-corrected chi connectivity index (χ4v) is 2.33. The quantitative estimate of drug-likeness (QED) is 0.887. The van der Waals surface area contributed by atoms with Gasteiger partial charge < -0.3 is 5.32 Å². The molecule has 0 atom stereocenters. The molecule has 114 valence electrons. The summed E-state index contributed by atoms with van der Waals surface area (Å²) in [5, 5.41) is 8.78. The Morgan fingerprint density at radius 1 is 1.24 bits per heavy atom. The second-order valence-corrected chi connectivity index (χ2v) is 5.81. The molecule has 0 aliphatic rings. The number of nitrogens with zero attached hydrogens (tertiary/aromatic N) is 3. The van der Waals surface area contributed by atoms with Crippen molar-refractivity contribution < 1.29 is 0 Å². The third-order valence-corrected chi connectivity index (χ3v) is 3.56. The van der Waals surface area contributed by atoms with Crippen molar-refractivity contribution in [2.45, 2.75) is 53.1 Å². The van der Waals surface area contributed by atoms with Crippen LogP contribution in [0.3, 0.4) is 0 Å². The van der Waals surface area contributed by atoms with E-state index in [4.69, 9.17) is 11.6 Å². The molecule has 0 fully saturated rings. The maximum atomic E-state index is 6.18. The molecular weight excluding hydrogens is 284 g/mol. The van der Waals surface area contributed by atoms with Gasteiger partial charge in [-0.25, -0.2) is 9.67 Å². The summed E-state index contributed by atoms with van der Waals surface area (Å²) < 4.78 is 1.93. The Balaban J connectivity index is 2.46. The number of halogens is 1. The minimum Gasteiger partial charge on any atom is -0.310 e. The van der Waals surface area contributed by atoms with Crippen LogP contribution >= 0.6 is 11.6 Å². The predicted molar refractivity (Wildman–Crippen MR) is 87.1 cm³/mol. The Morgan fingerprint density at radius 3 is 2.62 bits per heavy atom. The van der Waals surface area contributed by atoms with Crippen molar-refractivity contribution >= 4 is 11.6 Å². The SMILES string of the molecule is CCc1nc(CC)n(-c2cc(Cl)ccc2CNC(C)C)n1. The van der Waals surface area contributed by atoms with E-state index in [1.165, 1.54) is 5.56 Å². The molecule has 1 aromatic heterocycles. The van der Waals surface area contributed by atoms with E-state index in [1.54, 1.807) is 0 Å². The number of rotatable bonds is 6. The van der Waals surface area contributed by atoms with Crippen molar-refractivity contribution in [3.63, 3.8) is 0 Å². The molecule has 0 unspecified atom stereocenters. The Morgan fingerprint density at radius 2 is 2.00 bits per heavy atom. The first kappa shape index (κ1) is 16.0. The first-order valence-corrected chi connectivity index (χ1v) is 7.89. The van der Waals surface area contributed by atoms with Crippen LogP contribution in [0.15, 0.2) is 18.2 Å². The summed E-state index contributed by atoms with van der Waals surface area (Å²) in [6.07, 6.45) is 1.68. The standard InChI is InChI=1S/C16H23ClN4/c1-5-15-19-16(6-2)21(20-15)14-9-13(17)8-7-12(14)10-18-11(3)4/h7-9,11,18H,5-6,10H2,1-4H3. The molecule has 0 radical (unpaired) electrons. The third kappa shape index (κ3) is 3.83. The second-order valence-electron chi connectivity index (χ2n) is 5.37. The highest BCUT2D eigenvalue weighted by Crippen LogP contribution is 2.21. The number of nitrogens with one attached hydrogen (secondary N) is 1. The summed E-state index contributed by atoms with van der Waals surface area (Å²) in [6, 6.07) is 6.37. The number of hydrogen-bond donors (Lipinski definition) is 1. The molecule has 0 aliphatic carbocycles. The van der Waals surface area contributed by atoms with Crippen LogP contribution in [0.5, 0.6) is 0 Å². The van der Waals surface area contributed by atoms with Crippen LogP contribution < -0.4 is 5.32 Å². The number of aryl methyl sites for hydroxylation is 2. The van der Waals surface area contributed by atoms with E-state index < -0.39 is 0 Å². The third-order valence-electron chi connectivity index (χ3n) is 3.33. The van der Waals surface area contributed by atoms with Crippen LogP contribution in [0.25, 0.3) is 5.69 Å². The van der Waals surface area contributed by atoms with Gasteiger partial charge in [0.15, 0.2) is 5.82 Å². The highest BCUT2D eigenvalue weighted by molar-refractivity contribution is 6.30. The van der Waals surface area contributed by atoms with Gasteiger partial charge in [-0.1, -0.05) is 45.4 Å². The normalized spacial score (nSPS) is 11.3. The van der Waals surface area contributed by atoms with E-state index >= 15 is 0 Å². The molecule has 0 aliphatic heterocycles. The molecule has 1 aromatic carbocycles. The van der Waals surface area contributed by atoms with Crippen molar-refractivity contribution in [1.29, 1.82) is 0 Å². The molecule has 21 heavy (non-hydrogen) atoms. The maximum absolute atomic E-state index is 6.18. The molecule has 1 heterocycles. The zero-order valence-corrected chi connectivity index (χ0v) is 13.9. The number of benzene rings is 1. The van der Waals surface area contributed by atoms with E-state index in [-0.39, 0.29) is 0 Å². The van der Waals surface area contributed by atoms with Gasteiger partial charge in [0.05, 0.1) is 5.69 Å². The monoisotopic (exact) mass is 306 g/mol. The van der Waals surface area contributed by atoms with Gasteiger partial charge in [0.25, 0.3) is 0 Å². The van der Waals surface area contributed by atoms with E-state index in [1.807, 2.05) is 16.8 Å². The van der Waals surface area contributed by atoms with Gasteiger partial charge in [-0.3, -0.25) is 0 Å². The molecule has 0 spiro atoms. The number of aromatic nitrogens is 3. The van der Waals surface area contributed by atoms with Crippen molar-refractivity contribution in [2.75, 3.05) is 0 Å². The van der Waals surface area contributed by atoms with Crippen molar-refractivity contribution in [3.8, 4) is 5.69 Å². The van der Waals surface area contributed by atoms with E-state index in [0.29, 0.717) is 11.1 Å². The van der Waals surface area contributed by atoms with Crippen LogP contribution in [-0.2, 0) is 19.4 Å². The van der Waals surface area contributed by atoms with E-state index in [9.17, 15) is 0 Å². The zero-order chi connectivity index (χ0) is 15.4. The fraction of sp³-hybridized carbons (Fsp3) is 0.500. The van der Waals surface area contributed by atoms with Crippen LogP contribution in [0.4, 0.5) is 0 Å². The minimum atomic E-state index is 0.432. The molecular formula is C16H23ClN4. The average molecular weight is 307 g/mol. The summed E-state index contributed by atoms with van der Waals surface area (Å²) >= 11 is 6.18. The van der Waals surface area contributed by atoms with Gasteiger partial charge in [0, 0.05) is 30.5 Å². The fourth-order valence-electron chi connectivity index (χ4n) is 2.16. The highest BCUT2D eigenvalue weighted by Gasteiger charge is 2.13. The first-order valence-electron chi connectivity index (χ1n) is 7.52. The molecule has 0 saturated carbocycles. The van der Waals surface area contributed by atoms with Gasteiger partial charge in [0.2, 0.25) is 0 Å². The lowest BCUT2D eigenvalue weighted by molar-refractivity contribution is 0.586. The van der Waals surface area contributed by atoms with Gasteiger partial charge in [-0.2, -0.15) is 5.10 Å². The summed E-state index contributed by atoms with van der Waals surface area (Å²) in [7, 11) is 0. The zero-order valence-electron chi connectivity index (χ0n) is 13.2. The molecule has 0 saturated heterocycles. The van der Waals surface area contributed by atoms with Crippen LogP contribution in [0, 0.1) is 0 Å². The molecule has 0 amide bonds. The smallest absolute Gasteiger partial charge is 0.151 e. The molecule has 1 N–H and O–H groups in total. The second kappa shape index (κ2) is 7.05. The Hall–Kier alpha value is -1.39. The maximum Gasteiger partial charge on any atom is 0.151 e. The van der Waals surface area contributed by atoms with Gasteiger partial charge in [0.1, 0.15) is 5.82 Å². The van der Waals surface area contributed by atoms with E-state index in [0.717, 1.165) is 36.7 Å². The van der Waals surface area contributed by atoms with Crippen LogP contribution in [0.2, 0.25) is 5.02 Å². The molecule has 2 rings (SSSR count). The lowest BCUT2D eigenvalue weighted by atomic mass is 10.1. The Labute approximate surface area is 131 Å². The molecule has 0 bridgehead atoms. The first-order chi connectivity index (χ1) is 10.0. The van der Waals surface area contributed by atoms with Gasteiger partial charge >= 0.3 is 0 Å². The minimum absolute atomic E-state index is 0.432. The van der Waals surface area contributed by atoms with Gasteiger partial charge in [-0.15, -0.1) is 0 Å². The highest BCUT2D eigenvalue weighted by atomic mass is 35.5. The summed E-state index contributed by atoms with van der Waals surface area (Å²) in [6.45, 7) is 9.22. The molecule has 5 heteroatoms. The molecule has 2 aromatic rings. The summed E-state index contributed by atoms with van der Waals surface area (Å²) in [5.74, 6) is 1.84. The topological polar surface area (TPSA) is 42.7 Å². The van der Waals surface area contributed by atoms with Crippen LogP contribution in [0.1, 0.15) is 44.9 Å². The largest absolute Gasteiger partial charge is 0.310 e. The van der Waals surface area contributed by atoms with Crippen molar-refractivity contribution in [2.24, 2.45) is 0 Å². The lowest BCUT2D eigenvalue weighted by Crippen LogP contribution is -2.23. The average Bonchev–Trinajstić information content (AvgIpc) is 2.89.